The molecule has 0 amide bonds. The van der Waals surface area contributed by atoms with Crippen molar-refractivity contribution in [3.8, 4) is 0 Å². The van der Waals surface area contributed by atoms with E-state index in [0.29, 0.717) is 0 Å². The standard InChI is InChI=1S/C6H10F2O4/c7-3-5(11)4(10)2(1-9)12-6(3)8/h2-6,9-11H,1H2/t2-,3+,4-,5-,6-/m1/s1. The van der Waals surface area contributed by atoms with Crippen LogP contribution in [-0.2, 0) is 4.74 Å². The van der Waals surface area contributed by atoms with Crippen molar-refractivity contribution >= 4 is 0 Å². The number of ether oxygens (including phenoxy) is 1. The predicted molar refractivity (Wildman–Crippen MR) is 33.8 cm³/mol. The van der Waals surface area contributed by atoms with Gasteiger partial charge in [-0.1, -0.05) is 0 Å². The maximum absolute atomic E-state index is 12.5. The molecular formula is C6H10F2O4. The van der Waals surface area contributed by atoms with E-state index >= 15 is 0 Å². The number of aliphatic hydroxyl groups is 3. The summed E-state index contributed by atoms with van der Waals surface area (Å²) >= 11 is 0. The minimum Gasteiger partial charge on any atom is -0.394 e. The lowest BCUT2D eigenvalue weighted by Crippen LogP contribution is -2.55. The molecule has 5 atom stereocenters. The highest BCUT2D eigenvalue weighted by Crippen LogP contribution is 2.23. The van der Waals surface area contributed by atoms with E-state index in [0.717, 1.165) is 0 Å². The van der Waals surface area contributed by atoms with Crippen LogP contribution in [0.2, 0.25) is 0 Å². The SMILES string of the molecule is OC[C@H]1O[C@@H](F)[C@@H](F)[C@@H](O)[C@@H]1O. The molecule has 0 saturated carbocycles. The number of aliphatic hydroxyl groups excluding tert-OH is 3. The molecule has 0 radical (unpaired) electrons. The van der Waals surface area contributed by atoms with E-state index in [1.165, 1.54) is 0 Å². The normalized spacial score (nSPS) is 49.2. The molecule has 72 valence electrons. The minimum absolute atomic E-state index is 0.661. The zero-order chi connectivity index (χ0) is 9.30. The van der Waals surface area contributed by atoms with Gasteiger partial charge in [0, 0.05) is 0 Å². The Labute approximate surface area is 67.4 Å². The molecule has 6 heteroatoms. The smallest absolute Gasteiger partial charge is 0.233 e. The summed E-state index contributed by atoms with van der Waals surface area (Å²) in [5.74, 6) is 0. The van der Waals surface area contributed by atoms with Crippen molar-refractivity contribution in [2.24, 2.45) is 0 Å². The predicted octanol–water partition coefficient (Wildman–Crippen LogP) is -1.27. The Kier molecular flexibility index (Phi) is 2.94. The molecule has 0 aliphatic carbocycles. The average molecular weight is 184 g/mol. The molecule has 4 nitrogen and oxygen atoms in total. The van der Waals surface area contributed by atoms with Gasteiger partial charge < -0.3 is 20.1 Å². The van der Waals surface area contributed by atoms with Crippen LogP contribution < -0.4 is 0 Å². The molecule has 3 N–H and O–H groups in total. The van der Waals surface area contributed by atoms with Gasteiger partial charge >= 0.3 is 0 Å². The van der Waals surface area contributed by atoms with E-state index < -0.39 is 37.4 Å². The molecule has 1 aliphatic rings. The fraction of sp³-hybridized carbons (Fsp3) is 1.00. The summed E-state index contributed by atoms with van der Waals surface area (Å²) in [5, 5.41) is 26.3. The van der Waals surface area contributed by atoms with Crippen LogP contribution in [0, 0.1) is 0 Å². The maximum atomic E-state index is 12.5. The number of hydrogen-bond acceptors (Lipinski definition) is 4. The van der Waals surface area contributed by atoms with Crippen molar-refractivity contribution in [3.63, 3.8) is 0 Å². The molecular weight excluding hydrogens is 174 g/mol. The third-order valence-electron chi connectivity index (χ3n) is 1.79. The maximum Gasteiger partial charge on any atom is 0.233 e. The quantitative estimate of drug-likeness (QED) is 0.475. The Balaban J connectivity index is 2.63. The first-order valence-corrected chi connectivity index (χ1v) is 3.48. The van der Waals surface area contributed by atoms with Gasteiger partial charge in [-0.2, -0.15) is 0 Å². The van der Waals surface area contributed by atoms with Gasteiger partial charge in [0.05, 0.1) is 6.61 Å². The molecule has 0 aromatic rings. The topological polar surface area (TPSA) is 69.9 Å². The Bertz CT molecular complexity index is 152. The number of halogens is 2. The van der Waals surface area contributed by atoms with E-state index in [-0.39, 0.29) is 0 Å². The average Bonchev–Trinajstić information content (AvgIpc) is 2.08. The van der Waals surface area contributed by atoms with Crippen LogP contribution in [0.15, 0.2) is 0 Å². The minimum atomic E-state index is -2.29. The molecule has 0 aromatic carbocycles. The Hall–Kier alpha value is -0.300. The van der Waals surface area contributed by atoms with Crippen LogP contribution in [0.5, 0.6) is 0 Å². The van der Waals surface area contributed by atoms with Crippen molar-refractivity contribution in [3.05, 3.63) is 0 Å². The lowest BCUT2D eigenvalue weighted by atomic mass is 10.0. The van der Waals surface area contributed by atoms with Crippen LogP contribution >= 0.6 is 0 Å². The summed E-state index contributed by atoms with van der Waals surface area (Å²) in [6, 6.07) is 0. The van der Waals surface area contributed by atoms with Crippen molar-refractivity contribution in [2.75, 3.05) is 6.61 Å². The Morgan fingerprint density at radius 1 is 1.17 bits per heavy atom. The highest BCUT2D eigenvalue weighted by molar-refractivity contribution is 4.88. The molecule has 1 saturated heterocycles. The highest BCUT2D eigenvalue weighted by Gasteiger charge is 2.44. The lowest BCUT2D eigenvalue weighted by Gasteiger charge is -2.35. The summed E-state index contributed by atoms with van der Waals surface area (Å²) in [5.41, 5.74) is 0. The van der Waals surface area contributed by atoms with Gasteiger partial charge in [0.2, 0.25) is 6.36 Å². The van der Waals surface area contributed by atoms with Gasteiger partial charge in [-0.05, 0) is 0 Å². The number of hydrogen-bond donors (Lipinski definition) is 3. The zero-order valence-corrected chi connectivity index (χ0v) is 6.10. The largest absolute Gasteiger partial charge is 0.394 e. The molecule has 1 aliphatic heterocycles. The summed E-state index contributed by atoms with van der Waals surface area (Å²) in [7, 11) is 0. The van der Waals surface area contributed by atoms with Crippen molar-refractivity contribution in [1.82, 2.24) is 0 Å². The third kappa shape index (κ3) is 1.56. The van der Waals surface area contributed by atoms with E-state index in [9.17, 15) is 8.78 Å². The van der Waals surface area contributed by atoms with Crippen LogP contribution in [-0.4, -0.2) is 52.8 Å². The summed E-state index contributed by atoms with van der Waals surface area (Å²) < 4.78 is 29.2. The van der Waals surface area contributed by atoms with E-state index in [2.05, 4.69) is 4.74 Å². The zero-order valence-electron chi connectivity index (χ0n) is 6.10. The molecule has 12 heavy (non-hydrogen) atoms. The lowest BCUT2D eigenvalue weighted by molar-refractivity contribution is -0.246. The van der Waals surface area contributed by atoms with Gasteiger partial charge in [-0.15, -0.1) is 0 Å². The molecule has 0 bridgehead atoms. The fourth-order valence-corrected chi connectivity index (χ4v) is 1.04. The molecule has 0 aromatic heterocycles. The Morgan fingerprint density at radius 3 is 2.25 bits per heavy atom. The molecule has 0 spiro atoms. The molecule has 1 fully saturated rings. The van der Waals surface area contributed by atoms with Gasteiger partial charge in [-0.3, -0.25) is 0 Å². The van der Waals surface area contributed by atoms with Gasteiger partial charge in [0.1, 0.15) is 18.3 Å². The first-order chi connectivity index (χ1) is 5.57. The van der Waals surface area contributed by atoms with Crippen molar-refractivity contribution in [2.45, 2.75) is 30.8 Å². The van der Waals surface area contributed by atoms with Crippen LogP contribution in [0.4, 0.5) is 8.78 Å². The van der Waals surface area contributed by atoms with Crippen LogP contribution in [0.3, 0.4) is 0 Å². The third-order valence-corrected chi connectivity index (χ3v) is 1.79. The van der Waals surface area contributed by atoms with Crippen molar-refractivity contribution < 1.29 is 28.8 Å². The summed E-state index contributed by atoms with van der Waals surface area (Å²) in [6.07, 6.45) is -9.24. The van der Waals surface area contributed by atoms with Gasteiger partial charge in [0.25, 0.3) is 0 Å². The van der Waals surface area contributed by atoms with Gasteiger partial charge in [-0.25, -0.2) is 8.78 Å². The number of rotatable bonds is 1. The van der Waals surface area contributed by atoms with Crippen LogP contribution in [0.1, 0.15) is 0 Å². The van der Waals surface area contributed by atoms with E-state index in [4.69, 9.17) is 15.3 Å². The Morgan fingerprint density at radius 2 is 1.75 bits per heavy atom. The second-order valence-corrected chi connectivity index (χ2v) is 2.63. The van der Waals surface area contributed by atoms with E-state index in [1.54, 1.807) is 0 Å². The first-order valence-electron chi connectivity index (χ1n) is 3.48. The first kappa shape index (κ1) is 9.79. The summed E-state index contributed by atoms with van der Waals surface area (Å²) in [4.78, 5) is 0. The second-order valence-electron chi connectivity index (χ2n) is 2.63. The van der Waals surface area contributed by atoms with Crippen molar-refractivity contribution in [1.29, 1.82) is 0 Å². The monoisotopic (exact) mass is 184 g/mol. The summed E-state index contributed by atoms with van der Waals surface area (Å²) in [6.45, 7) is -0.661. The van der Waals surface area contributed by atoms with Crippen LogP contribution in [0.25, 0.3) is 0 Å². The number of alkyl halides is 2. The molecule has 1 heterocycles. The van der Waals surface area contributed by atoms with Gasteiger partial charge in [0.15, 0.2) is 6.17 Å². The molecule has 1 rings (SSSR count). The second kappa shape index (κ2) is 3.61. The van der Waals surface area contributed by atoms with E-state index in [1.807, 2.05) is 0 Å². The highest BCUT2D eigenvalue weighted by atomic mass is 19.2. The fourth-order valence-electron chi connectivity index (χ4n) is 1.04. The molecule has 0 unspecified atom stereocenters.